The number of thiol groups is 1. The van der Waals surface area contributed by atoms with Gasteiger partial charge in [0.1, 0.15) is 18.1 Å². The molecule has 0 bridgehead atoms. The minimum absolute atomic E-state index is 0.0156. The summed E-state index contributed by atoms with van der Waals surface area (Å²) in [7, 11) is 0. The molecule has 13 heteroatoms. The van der Waals surface area contributed by atoms with Crippen LogP contribution in [-0.4, -0.2) is 81.8 Å². The maximum absolute atomic E-state index is 12.7. The van der Waals surface area contributed by atoms with Crippen LogP contribution in [0.1, 0.15) is 33.1 Å². The topological polar surface area (TPSA) is 188 Å². The van der Waals surface area contributed by atoms with Gasteiger partial charge in [-0.25, -0.2) is 4.79 Å². The number of nitrogens with one attached hydrogen (secondary N) is 3. The zero-order chi connectivity index (χ0) is 24.1. The van der Waals surface area contributed by atoms with Crippen LogP contribution in [0.15, 0.2) is 0 Å². The first-order valence-electron chi connectivity index (χ1n) is 9.63. The van der Waals surface area contributed by atoms with Crippen LogP contribution in [-0.2, 0) is 24.0 Å². The van der Waals surface area contributed by atoms with Crippen LogP contribution in [0, 0.1) is 5.92 Å². The molecule has 178 valence electrons. The molecule has 0 radical (unpaired) electrons. The van der Waals surface area contributed by atoms with E-state index in [-0.39, 0.29) is 24.5 Å². The van der Waals surface area contributed by atoms with E-state index in [2.05, 4.69) is 28.6 Å². The van der Waals surface area contributed by atoms with Gasteiger partial charge in [0.25, 0.3) is 0 Å². The molecule has 0 aromatic rings. The Kier molecular flexibility index (Phi) is 14.0. The second-order valence-corrected chi connectivity index (χ2v) is 8.67. The average molecular weight is 481 g/mol. The highest BCUT2D eigenvalue weighted by molar-refractivity contribution is 7.98. The predicted molar refractivity (Wildman–Crippen MR) is 120 cm³/mol. The number of carbonyl (C=O) groups is 5. The quantitative estimate of drug-likeness (QED) is 0.145. The molecule has 11 nitrogen and oxygen atoms in total. The summed E-state index contributed by atoms with van der Waals surface area (Å²) in [6, 6.07) is -4.76. The lowest BCUT2D eigenvalue weighted by molar-refractivity contribution is -0.143. The Morgan fingerprint density at radius 1 is 0.935 bits per heavy atom. The molecule has 0 aromatic carbocycles. The number of hydrogen-bond acceptors (Lipinski definition) is 8. The van der Waals surface area contributed by atoms with E-state index < -0.39 is 60.2 Å². The Morgan fingerprint density at radius 2 is 1.45 bits per heavy atom. The van der Waals surface area contributed by atoms with Crippen molar-refractivity contribution in [2.45, 2.75) is 57.3 Å². The molecule has 4 unspecified atom stereocenters. The molecule has 0 fully saturated rings. The Labute approximate surface area is 191 Å². The fraction of sp³-hybridized carbons (Fsp3) is 0.722. The number of carboxylic acids is 2. The van der Waals surface area contributed by atoms with Crippen molar-refractivity contribution in [1.82, 2.24) is 16.0 Å². The molecular formula is C18H32N4O7S2. The molecule has 0 aromatic heterocycles. The predicted octanol–water partition coefficient (Wildman–Crippen LogP) is -0.944. The van der Waals surface area contributed by atoms with Gasteiger partial charge in [0, 0.05) is 5.75 Å². The lowest BCUT2D eigenvalue weighted by Gasteiger charge is -2.25. The summed E-state index contributed by atoms with van der Waals surface area (Å²) >= 11 is 5.31. The van der Waals surface area contributed by atoms with Gasteiger partial charge in [-0.3, -0.25) is 19.2 Å². The first kappa shape index (κ1) is 29.0. The van der Waals surface area contributed by atoms with Crippen LogP contribution in [0.4, 0.5) is 0 Å². The highest BCUT2D eigenvalue weighted by Crippen LogP contribution is 2.08. The summed E-state index contributed by atoms with van der Waals surface area (Å²) in [5.74, 6) is -4.45. The van der Waals surface area contributed by atoms with Crippen molar-refractivity contribution in [3.05, 3.63) is 0 Å². The number of aliphatic carboxylic acids is 2. The molecule has 0 saturated carbocycles. The summed E-state index contributed by atoms with van der Waals surface area (Å²) < 4.78 is 0. The smallest absolute Gasteiger partial charge is 0.326 e. The van der Waals surface area contributed by atoms with Gasteiger partial charge in [-0.1, -0.05) is 13.8 Å². The van der Waals surface area contributed by atoms with Crippen molar-refractivity contribution in [1.29, 1.82) is 0 Å². The van der Waals surface area contributed by atoms with Crippen molar-refractivity contribution in [3.8, 4) is 0 Å². The number of carbonyl (C=O) groups excluding carboxylic acids is 3. The van der Waals surface area contributed by atoms with Gasteiger partial charge in [0.2, 0.25) is 17.7 Å². The molecule has 0 saturated heterocycles. The Morgan fingerprint density at radius 3 is 1.90 bits per heavy atom. The van der Waals surface area contributed by atoms with E-state index >= 15 is 0 Å². The van der Waals surface area contributed by atoms with Crippen molar-refractivity contribution in [3.63, 3.8) is 0 Å². The number of amides is 3. The molecule has 0 rings (SSSR count). The third-order valence-electron chi connectivity index (χ3n) is 4.11. The normalized spacial score (nSPS) is 14.8. The maximum atomic E-state index is 12.7. The molecule has 0 aliphatic rings. The van der Waals surface area contributed by atoms with Gasteiger partial charge in [-0.15, -0.1) is 0 Å². The van der Waals surface area contributed by atoms with E-state index in [9.17, 15) is 29.1 Å². The number of nitrogens with two attached hydrogens (primary N) is 1. The zero-order valence-corrected chi connectivity index (χ0v) is 19.5. The summed E-state index contributed by atoms with van der Waals surface area (Å²) in [4.78, 5) is 59.9. The van der Waals surface area contributed by atoms with Crippen LogP contribution in [0.25, 0.3) is 0 Å². The minimum Gasteiger partial charge on any atom is -0.481 e. The second kappa shape index (κ2) is 14.9. The fourth-order valence-corrected chi connectivity index (χ4v) is 3.12. The Hall–Kier alpha value is -1.99. The number of hydrogen-bond donors (Lipinski definition) is 7. The molecule has 4 atom stereocenters. The molecular weight excluding hydrogens is 448 g/mol. The first-order valence-corrected chi connectivity index (χ1v) is 11.7. The highest BCUT2D eigenvalue weighted by Gasteiger charge is 2.31. The molecule has 3 amide bonds. The van der Waals surface area contributed by atoms with Crippen LogP contribution in [0.3, 0.4) is 0 Å². The fourth-order valence-electron chi connectivity index (χ4n) is 2.49. The number of thioether (sulfide) groups is 1. The molecule has 0 aliphatic heterocycles. The van der Waals surface area contributed by atoms with Crippen molar-refractivity contribution in [2.75, 3.05) is 17.8 Å². The molecule has 7 N–H and O–H groups in total. The van der Waals surface area contributed by atoms with Crippen molar-refractivity contribution < 1.29 is 34.2 Å². The Balaban J connectivity index is 5.44. The Bertz CT molecular complexity index is 648. The molecule has 0 aliphatic carbocycles. The third kappa shape index (κ3) is 11.8. The molecule has 0 heterocycles. The van der Waals surface area contributed by atoms with Crippen LogP contribution in [0.5, 0.6) is 0 Å². The maximum Gasteiger partial charge on any atom is 0.326 e. The lowest BCUT2D eigenvalue weighted by Crippen LogP contribution is -2.57. The highest BCUT2D eigenvalue weighted by atomic mass is 32.2. The summed E-state index contributed by atoms with van der Waals surface area (Å²) in [5.41, 5.74) is 5.55. The van der Waals surface area contributed by atoms with Gasteiger partial charge >= 0.3 is 11.9 Å². The molecule has 31 heavy (non-hydrogen) atoms. The van der Waals surface area contributed by atoms with Gasteiger partial charge in [-0.2, -0.15) is 24.4 Å². The standard InChI is InChI=1S/C18H32N4O7S2/c1-9(2)6-12(16(26)20-11(18(28)29)4-5-31-3)22-17(27)13(7-14(23)24)21-15(25)10(19)8-30/h9-13,30H,4-8,19H2,1-3H3,(H,20,26)(H,21,25)(H,22,27)(H,23,24)(H,28,29). The number of rotatable bonds is 15. The monoisotopic (exact) mass is 480 g/mol. The lowest BCUT2D eigenvalue weighted by atomic mass is 10.0. The van der Waals surface area contributed by atoms with Crippen LogP contribution >= 0.6 is 24.4 Å². The summed E-state index contributed by atoms with van der Waals surface area (Å²) in [6.45, 7) is 3.61. The van der Waals surface area contributed by atoms with Crippen LogP contribution in [0.2, 0.25) is 0 Å². The van der Waals surface area contributed by atoms with E-state index in [1.807, 2.05) is 0 Å². The zero-order valence-electron chi connectivity index (χ0n) is 17.8. The minimum atomic E-state index is -1.47. The molecule has 0 spiro atoms. The second-order valence-electron chi connectivity index (χ2n) is 7.32. The summed E-state index contributed by atoms with van der Waals surface area (Å²) in [5, 5.41) is 25.5. The summed E-state index contributed by atoms with van der Waals surface area (Å²) in [6.07, 6.45) is 1.46. The van der Waals surface area contributed by atoms with E-state index in [1.54, 1.807) is 20.1 Å². The van der Waals surface area contributed by atoms with Gasteiger partial charge < -0.3 is 31.9 Å². The largest absolute Gasteiger partial charge is 0.481 e. The van der Waals surface area contributed by atoms with Gasteiger partial charge in [-0.05, 0) is 30.8 Å². The first-order chi connectivity index (χ1) is 14.4. The van der Waals surface area contributed by atoms with E-state index in [1.165, 1.54) is 11.8 Å². The van der Waals surface area contributed by atoms with E-state index in [0.29, 0.717) is 5.75 Å². The third-order valence-corrected chi connectivity index (χ3v) is 5.15. The van der Waals surface area contributed by atoms with E-state index in [4.69, 9.17) is 10.8 Å². The number of carboxylic acid groups (broad SMARTS) is 2. The van der Waals surface area contributed by atoms with Gasteiger partial charge in [0.05, 0.1) is 12.5 Å². The average Bonchev–Trinajstić information content (AvgIpc) is 2.67. The van der Waals surface area contributed by atoms with Crippen LogP contribution < -0.4 is 21.7 Å². The van der Waals surface area contributed by atoms with Crippen molar-refractivity contribution >= 4 is 54.1 Å². The SMILES string of the molecule is CSCCC(NC(=O)C(CC(C)C)NC(=O)C(CC(=O)O)NC(=O)C(N)CS)C(=O)O. The van der Waals surface area contributed by atoms with Crippen molar-refractivity contribution in [2.24, 2.45) is 11.7 Å². The van der Waals surface area contributed by atoms with E-state index in [0.717, 1.165) is 0 Å². The van der Waals surface area contributed by atoms with Gasteiger partial charge in [0.15, 0.2) is 0 Å².